The number of hydrogen-bond acceptors (Lipinski definition) is 6. The number of carbonyl (C=O) groups is 2. The summed E-state index contributed by atoms with van der Waals surface area (Å²) in [4.78, 5) is 24.6. The number of benzene rings is 2. The summed E-state index contributed by atoms with van der Waals surface area (Å²) in [5.74, 6) is 1.27. The van der Waals surface area contributed by atoms with Gasteiger partial charge in [-0.15, -0.1) is 10.2 Å². The summed E-state index contributed by atoms with van der Waals surface area (Å²) in [6, 6.07) is 12.8. The Bertz CT molecular complexity index is 1120. The molecule has 0 saturated heterocycles. The van der Waals surface area contributed by atoms with Crippen LogP contribution in [0, 0.1) is 6.92 Å². The first kappa shape index (κ1) is 24.6. The topological polar surface area (TPSA) is 98.1 Å². The van der Waals surface area contributed by atoms with E-state index in [4.69, 9.17) is 16.3 Å². The highest BCUT2D eigenvalue weighted by Gasteiger charge is 2.14. The van der Waals surface area contributed by atoms with Crippen molar-refractivity contribution in [2.45, 2.75) is 38.5 Å². The second kappa shape index (κ2) is 11.7. The van der Waals surface area contributed by atoms with Gasteiger partial charge in [0, 0.05) is 17.3 Å². The predicted molar refractivity (Wildman–Crippen MR) is 130 cm³/mol. The standard InChI is InChI=1S/C23H26ClN5O3S/c1-4-29-20(13-25-21(30)11-16-6-9-18(32-3)10-7-16)27-28-23(29)33-14-22(31)26-17-8-5-15(2)19(24)12-17/h5-10,12H,4,11,13-14H2,1-3H3,(H,25,30)(H,26,31). The molecule has 0 fully saturated rings. The minimum Gasteiger partial charge on any atom is -0.497 e. The molecule has 8 nitrogen and oxygen atoms in total. The first-order chi connectivity index (χ1) is 15.9. The van der Waals surface area contributed by atoms with Gasteiger partial charge in [0.25, 0.3) is 0 Å². The molecule has 0 spiro atoms. The number of amides is 2. The number of methoxy groups -OCH3 is 1. The van der Waals surface area contributed by atoms with Crippen molar-refractivity contribution in [3.63, 3.8) is 0 Å². The van der Waals surface area contributed by atoms with Crippen molar-refractivity contribution in [2.24, 2.45) is 0 Å². The Labute approximate surface area is 202 Å². The number of nitrogens with zero attached hydrogens (tertiary/aromatic N) is 3. The minimum absolute atomic E-state index is 0.115. The van der Waals surface area contributed by atoms with E-state index in [1.54, 1.807) is 13.2 Å². The summed E-state index contributed by atoms with van der Waals surface area (Å²) in [6.07, 6.45) is 0.259. The number of rotatable bonds is 10. The van der Waals surface area contributed by atoms with E-state index in [0.717, 1.165) is 16.9 Å². The van der Waals surface area contributed by atoms with Crippen molar-refractivity contribution in [3.05, 3.63) is 64.4 Å². The number of thioether (sulfide) groups is 1. The second-order valence-electron chi connectivity index (χ2n) is 7.25. The largest absolute Gasteiger partial charge is 0.497 e. The van der Waals surface area contributed by atoms with E-state index in [1.807, 2.05) is 54.8 Å². The third kappa shape index (κ3) is 6.97. The summed E-state index contributed by atoms with van der Waals surface area (Å²) < 4.78 is 7.01. The average Bonchev–Trinajstić information content (AvgIpc) is 3.21. The highest BCUT2D eigenvalue weighted by Crippen LogP contribution is 2.21. The second-order valence-corrected chi connectivity index (χ2v) is 8.60. The van der Waals surface area contributed by atoms with E-state index in [1.165, 1.54) is 11.8 Å². The molecule has 3 aromatic rings. The number of aryl methyl sites for hydroxylation is 1. The molecule has 0 saturated carbocycles. The van der Waals surface area contributed by atoms with Crippen LogP contribution < -0.4 is 15.4 Å². The van der Waals surface area contributed by atoms with Crippen LogP contribution in [0.15, 0.2) is 47.6 Å². The monoisotopic (exact) mass is 487 g/mol. The third-order valence-electron chi connectivity index (χ3n) is 4.87. The van der Waals surface area contributed by atoms with Crippen LogP contribution in [0.1, 0.15) is 23.9 Å². The molecule has 33 heavy (non-hydrogen) atoms. The minimum atomic E-state index is -0.167. The Hall–Kier alpha value is -3.04. The lowest BCUT2D eigenvalue weighted by Crippen LogP contribution is -2.26. The number of aromatic nitrogens is 3. The molecule has 0 unspecified atom stereocenters. The smallest absolute Gasteiger partial charge is 0.234 e. The van der Waals surface area contributed by atoms with Crippen LogP contribution in [0.4, 0.5) is 5.69 Å². The molecule has 1 aromatic heterocycles. The van der Waals surface area contributed by atoms with Crippen molar-refractivity contribution in [2.75, 3.05) is 18.2 Å². The van der Waals surface area contributed by atoms with Crippen LogP contribution in [0.25, 0.3) is 0 Å². The van der Waals surface area contributed by atoms with Gasteiger partial charge >= 0.3 is 0 Å². The third-order valence-corrected chi connectivity index (χ3v) is 6.24. The average molecular weight is 488 g/mol. The Balaban J connectivity index is 1.51. The fraction of sp³-hybridized carbons (Fsp3) is 0.304. The molecule has 3 rings (SSSR count). The van der Waals surface area contributed by atoms with E-state index in [-0.39, 0.29) is 30.5 Å². The molecule has 2 amide bonds. The highest BCUT2D eigenvalue weighted by atomic mass is 35.5. The number of hydrogen-bond donors (Lipinski definition) is 2. The van der Waals surface area contributed by atoms with Crippen LogP contribution in [0.5, 0.6) is 5.75 Å². The van der Waals surface area contributed by atoms with E-state index >= 15 is 0 Å². The van der Waals surface area contributed by atoms with Gasteiger partial charge in [-0.2, -0.15) is 0 Å². The van der Waals surface area contributed by atoms with Gasteiger partial charge in [0.2, 0.25) is 11.8 Å². The maximum atomic E-state index is 12.3. The number of ether oxygens (including phenoxy) is 1. The van der Waals surface area contributed by atoms with Gasteiger partial charge in [-0.3, -0.25) is 9.59 Å². The summed E-state index contributed by atoms with van der Waals surface area (Å²) in [5, 5.41) is 15.3. The zero-order valence-corrected chi connectivity index (χ0v) is 20.3. The van der Waals surface area contributed by atoms with Gasteiger partial charge in [0.15, 0.2) is 11.0 Å². The lowest BCUT2D eigenvalue weighted by Gasteiger charge is -2.09. The molecule has 0 radical (unpaired) electrons. The SMILES string of the molecule is CCn1c(CNC(=O)Cc2ccc(OC)cc2)nnc1SCC(=O)Nc1ccc(C)c(Cl)c1. The zero-order chi connectivity index (χ0) is 23.8. The lowest BCUT2D eigenvalue weighted by atomic mass is 10.1. The maximum absolute atomic E-state index is 12.3. The van der Waals surface area contributed by atoms with Crippen LogP contribution in [0.2, 0.25) is 5.02 Å². The van der Waals surface area contributed by atoms with Gasteiger partial charge in [0.1, 0.15) is 5.75 Å². The molecule has 1 heterocycles. The molecule has 2 aromatic carbocycles. The van der Waals surface area contributed by atoms with E-state index < -0.39 is 0 Å². The van der Waals surface area contributed by atoms with Crippen molar-refractivity contribution >= 4 is 40.9 Å². The first-order valence-electron chi connectivity index (χ1n) is 10.4. The summed E-state index contributed by atoms with van der Waals surface area (Å²) in [5.41, 5.74) is 2.49. The van der Waals surface area contributed by atoms with Crippen LogP contribution in [-0.2, 0) is 29.1 Å². The normalized spacial score (nSPS) is 10.7. The van der Waals surface area contributed by atoms with Crippen molar-refractivity contribution in [1.29, 1.82) is 0 Å². The maximum Gasteiger partial charge on any atom is 0.234 e. The first-order valence-corrected chi connectivity index (χ1v) is 11.8. The molecule has 0 aliphatic rings. The fourth-order valence-electron chi connectivity index (χ4n) is 3.04. The Morgan fingerprint density at radius 1 is 1.12 bits per heavy atom. The van der Waals surface area contributed by atoms with Gasteiger partial charge in [0.05, 0.1) is 25.8 Å². The molecular weight excluding hydrogens is 462 g/mol. The van der Waals surface area contributed by atoms with Crippen molar-refractivity contribution in [3.8, 4) is 5.75 Å². The van der Waals surface area contributed by atoms with Crippen molar-refractivity contribution < 1.29 is 14.3 Å². The van der Waals surface area contributed by atoms with Crippen molar-refractivity contribution in [1.82, 2.24) is 20.1 Å². The van der Waals surface area contributed by atoms with Crippen LogP contribution >= 0.6 is 23.4 Å². The summed E-state index contributed by atoms with van der Waals surface area (Å²) >= 11 is 7.40. The Morgan fingerprint density at radius 2 is 1.88 bits per heavy atom. The summed E-state index contributed by atoms with van der Waals surface area (Å²) in [7, 11) is 1.60. The number of halogens is 1. The summed E-state index contributed by atoms with van der Waals surface area (Å²) in [6.45, 7) is 4.74. The predicted octanol–water partition coefficient (Wildman–Crippen LogP) is 3.86. The van der Waals surface area contributed by atoms with Crippen LogP contribution in [0.3, 0.4) is 0 Å². The molecule has 0 aliphatic carbocycles. The molecule has 174 valence electrons. The fourth-order valence-corrected chi connectivity index (χ4v) is 4.04. The molecule has 2 N–H and O–H groups in total. The Kier molecular flexibility index (Phi) is 8.73. The van der Waals surface area contributed by atoms with E-state index in [9.17, 15) is 9.59 Å². The quantitative estimate of drug-likeness (QED) is 0.421. The number of anilines is 1. The van der Waals surface area contributed by atoms with Gasteiger partial charge in [-0.05, 0) is 49.2 Å². The number of nitrogens with one attached hydrogen (secondary N) is 2. The highest BCUT2D eigenvalue weighted by molar-refractivity contribution is 7.99. The molecule has 0 bridgehead atoms. The van der Waals surface area contributed by atoms with Gasteiger partial charge in [-0.1, -0.05) is 41.6 Å². The molecule has 0 atom stereocenters. The zero-order valence-electron chi connectivity index (χ0n) is 18.7. The molecule has 10 heteroatoms. The van der Waals surface area contributed by atoms with E-state index in [2.05, 4.69) is 20.8 Å². The molecule has 0 aliphatic heterocycles. The lowest BCUT2D eigenvalue weighted by molar-refractivity contribution is -0.120. The van der Waals surface area contributed by atoms with Gasteiger partial charge in [-0.25, -0.2) is 0 Å². The Morgan fingerprint density at radius 3 is 2.55 bits per heavy atom. The number of carbonyl (C=O) groups excluding carboxylic acids is 2. The van der Waals surface area contributed by atoms with Gasteiger partial charge < -0.3 is 19.9 Å². The van der Waals surface area contributed by atoms with Crippen LogP contribution in [-0.4, -0.2) is 39.4 Å². The van der Waals surface area contributed by atoms with E-state index in [0.29, 0.717) is 28.2 Å². The molecular formula is C23H26ClN5O3S.